The maximum Gasteiger partial charge on any atom is 0.326 e. The summed E-state index contributed by atoms with van der Waals surface area (Å²) in [6, 6.07) is 4.86. The molecule has 2 atom stereocenters. The van der Waals surface area contributed by atoms with Crippen LogP contribution in [0.15, 0.2) is 24.3 Å². The highest BCUT2D eigenvalue weighted by Gasteiger charge is 2.22. The molecule has 65 heavy (non-hydrogen) atoms. The molecule has 0 fully saturated rings. The van der Waals surface area contributed by atoms with Gasteiger partial charge in [-0.05, 0) is 43.5 Å². The lowest BCUT2D eigenvalue weighted by Gasteiger charge is -2.18. The zero-order valence-corrected chi connectivity index (χ0v) is 42.3. The number of unbranched alkanes of at least 4 members (excludes halogenated alkanes) is 30. The number of carbonyl (C=O) groups is 4. The van der Waals surface area contributed by atoms with E-state index in [9.17, 15) is 24.3 Å². The number of hydrogen-bond acceptors (Lipinski definition) is 7. The van der Waals surface area contributed by atoms with E-state index in [1.807, 2.05) is 0 Å². The van der Waals surface area contributed by atoms with Crippen molar-refractivity contribution in [3.8, 4) is 0 Å². The lowest BCUT2D eigenvalue weighted by molar-refractivity contribution is -0.140. The van der Waals surface area contributed by atoms with E-state index in [2.05, 4.69) is 24.5 Å². The maximum absolute atomic E-state index is 12.7. The average molecular weight is 933 g/mol. The van der Waals surface area contributed by atoms with Gasteiger partial charge in [-0.1, -0.05) is 206 Å². The van der Waals surface area contributed by atoms with E-state index < -0.39 is 23.9 Å². The highest BCUT2D eigenvalue weighted by molar-refractivity contribution is 7.99. The van der Waals surface area contributed by atoms with Crippen molar-refractivity contribution >= 4 is 41.2 Å². The Morgan fingerprint density at radius 2 is 0.969 bits per heavy atom. The van der Waals surface area contributed by atoms with Crippen molar-refractivity contribution in [1.29, 1.82) is 0 Å². The molecule has 0 aromatic heterocycles. The number of carbonyl (C=O) groups excluding carboxylic acids is 2. The number of aliphatic carboxylic acids is 2. The highest BCUT2D eigenvalue weighted by Crippen LogP contribution is 2.17. The zero-order chi connectivity index (χ0) is 47.3. The molecule has 1 unspecified atom stereocenters. The van der Waals surface area contributed by atoms with Crippen LogP contribution in [-0.2, 0) is 23.9 Å². The molecule has 0 aliphatic rings. The largest absolute Gasteiger partial charge is 0.481 e. The van der Waals surface area contributed by atoms with Crippen LogP contribution in [-0.4, -0.2) is 77.4 Å². The van der Waals surface area contributed by atoms with Crippen molar-refractivity contribution in [1.82, 2.24) is 5.32 Å². The monoisotopic (exact) mass is 933 g/mol. The predicted molar refractivity (Wildman–Crippen MR) is 272 cm³/mol. The zero-order valence-electron chi connectivity index (χ0n) is 41.5. The quantitative estimate of drug-likeness (QED) is 0.0468. The Labute approximate surface area is 401 Å². The number of amides is 2. The molecule has 4 N–H and O–H groups in total. The van der Waals surface area contributed by atoms with E-state index >= 15 is 0 Å². The van der Waals surface area contributed by atoms with E-state index in [0.717, 1.165) is 31.8 Å². The minimum atomic E-state index is -1.31. The summed E-state index contributed by atoms with van der Waals surface area (Å²) in [5, 5.41) is 23.4. The van der Waals surface area contributed by atoms with Crippen LogP contribution in [0.2, 0.25) is 0 Å². The number of nitrogens with one attached hydrogen (secondary N) is 2. The third-order valence-corrected chi connectivity index (χ3v) is 13.4. The molecule has 0 spiro atoms. The second kappa shape index (κ2) is 45.2. The van der Waals surface area contributed by atoms with Gasteiger partial charge in [-0.25, -0.2) is 4.79 Å². The minimum absolute atomic E-state index is 0.0102. The summed E-state index contributed by atoms with van der Waals surface area (Å²) in [5.74, 6) is -1.80. The van der Waals surface area contributed by atoms with E-state index in [-0.39, 0.29) is 30.4 Å². The van der Waals surface area contributed by atoms with Crippen LogP contribution >= 0.6 is 11.8 Å². The normalized spacial score (nSPS) is 12.3. The molecular formula is C54H96N2O8S. The van der Waals surface area contributed by atoms with Crippen molar-refractivity contribution in [3.63, 3.8) is 0 Å². The van der Waals surface area contributed by atoms with Crippen LogP contribution in [0.5, 0.6) is 0 Å². The molecule has 376 valence electrons. The number of ether oxygens (including phenoxy) is 2. The Bertz CT molecular complexity index is 1280. The number of hydrogen-bond donors (Lipinski definition) is 4. The van der Waals surface area contributed by atoms with Gasteiger partial charge in [-0.3, -0.25) is 14.4 Å². The van der Waals surface area contributed by atoms with Crippen LogP contribution < -0.4 is 10.6 Å². The Morgan fingerprint density at radius 3 is 1.38 bits per heavy atom. The SMILES string of the molecule is CCCCCCCCCCCCCCCCCCOCC(CSCCC(=O)Nc1ccc(C(=O)N[C@@H](CCC(=O)O)C(=O)O)cc1)OCCCCCCCCCCCCCCCCCC. The van der Waals surface area contributed by atoms with Gasteiger partial charge in [-0.2, -0.15) is 11.8 Å². The summed E-state index contributed by atoms with van der Waals surface area (Å²) < 4.78 is 12.5. The maximum atomic E-state index is 12.7. The van der Waals surface area contributed by atoms with Gasteiger partial charge in [-0.15, -0.1) is 0 Å². The van der Waals surface area contributed by atoms with Gasteiger partial charge < -0.3 is 30.3 Å². The molecule has 11 heteroatoms. The fraction of sp³-hybridized carbons (Fsp3) is 0.815. The molecule has 0 aliphatic carbocycles. The molecule has 0 radical (unpaired) electrons. The standard InChI is InChI=1S/C54H96N2O8S/c1-3-5-7-9-11-13-15-17-19-21-23-25-27-29-31-33-42-63-45-49(64-43-34-32-30-28-26-24-22-20-18-16-14-12-10-8-6-4-2)46-65-44-41-51(57)55-48-37-35-47(36-38-48)53(60)56-50(54(61)62)39-40-52(58)59/h35-38,49-50H,3-34,39-46H2,1-2H3,(H,55,57)(H,56,60)(H,58,59)(H,61,62)/t49?,50-/m0/s1. The fourth-order valence-electron chi connectivity index (χ4n) is 8.09. The Kier molecular flexibility index (Phi) is 42.0. The molecule has 1 aromatic carbocycles. The second-order valence-corrected chi connectivity index (χ2v) is 19.6. The smallest absolute Gasteiger partial charge is 0.326 e. The summed E-state index contributed by atoms with van der Waals surface area (Å²) in [4.78, 5) is 47.6. The first-order valence-electron chi connectivity index (χ1n) is 26.7. The lowest BCUT2D eigenvalue weighted by Crippen LogP contribution is -2.41. The van der Waals surface area contributed by atoms with E-state index in [4.69, 9.17) is 14.6 Å². The number of carboxylic acid groups (broad SMARTS) is 2. The molecule has 0 saturated carbocycles. The van der Waals surface area contributed by atoms with Crippen LogP contribution in [0, 0.1) is 0 Å². The summed E-state index contributed by atoms with van der Waals surface area (Å²) in [6.45, 7) is 6.63. The number of carboxylic acids is 2. The summed E-state index contributed by atoms with van der Waals surface area (Å²) in [5.41, 5.74) is 0.738. The number of benzene rings is 1. The molecule has 1 aromatic rings. The molecule has 2 amide bonds. The van der Waals surface area contributed by atoms with Crippen molar-refractivity contribution in [3.05, 3.63) is 29.8 Å². The molecule has 0 bridgehead atoms. The van der Waals surface area contributed by atoms with Gasteiger partial charge in [0.2, 0.25) is 5.91 Å². The molecule has 10 nitrogen and oxygen atoms in total. The Hall–Kier alpha value is -2.63. The van der Waals surface area contributed by atoms with Crippen LogP contribution in [0.25, 0.3) is 0 Å². The first-order chi connectivity index (χ1) is 31.8. The number of rotatable bonds is 49. The highest BCUT2D eigenvalue weighted by atomic mass is 32.2. The fourth-order valence-corrected chi connectivity index (χ4v) is 9.04. The third kappa shape index (κ3) is 39.1. The molecular weight excluding hydrogens is 837 g/mol. The summed E-state index contributed by atoms with van der Waals surface area (Å²) in [6.07, 6.45) is 42.8. The van der Waals surface area contributed by atoms with Gasteiger partial charge >= 0.3 is 11.9 Å². The Balaban J connectivity index is 2.34. The van der Waals surface area contributed by atoms with Gasteiger partial charge in [0.05, 0.1) is 12.7 Å². The number of thioether (sulfide) groups is 1. The first kappa shape index (κ1) is 60.4. The number of anilines is 1. The van der Waals surface area contributed by atoms with Crippen LogP contribution in [0.1, 0.15) is 249 Å². The van der Waals surface area contributed by atoms with E-state index in [1.165, 1.54) is 205 Å². The van der Waals surface area contributed by atoms with Gasteiger partial charge in [0.25, 0.3) is 5.91 Å². The van der Waals surface area contributed by atoms with Gasteiger partial charge in [0.15, 0.2) is 0 Å². The summed E-state index contributed by atoms with van der Waals surface area (Å²) >= 11 is 1.70. The molecule has 0 heterocycles. The van der Waals surface area contributed by atoms with Crippen LogP contribution in [0.3, 0.4) is 0 Å². The molecule has 1 rings (SSSR count). The van der Waals surface area contributed by atoms with Gasteiger partial charge in [0, 0.05) is 48.8 Å². The molecule has 0 saturated heterocycles. The second-order valence-electron chi connectivity index (χ2n) is 18.4. The third-order valence-electron chi connectivity index (χ3n) is 12.3. The van der Waals surface area contributed by atoms with Crippen LogP contribution in [0.4, 0.5) is 5.69 Å². The van der Waals surface area contributed by atoms with E-state index in [1.54, 1.807) is 23.9 Å². The van der Waals surface area contributed by atoms with Crippen molar-refractivity contribution in [2.75, 3.05) is 36.6 Å². The average Bonchev–Trinajstić information content (AvgIpc) is 3.29. The van der Waals surface area contributed by atoms with E-state index in [0.29, 0.717) is 24.5 Å². The van der Waals surface area contributed by atoms with Crippen molar-refractivity contribution in [2.45, 2.75) is 251 Å². The summed E-state index contributed by atoms with van der Waals surface area (Å²) in [7, 11) is 0. The first-order valence-corrected chi connectivity index (χ1v) is 27.8. The minimum Gasteiger partial charge on any atom is -0.481 e. The van der Waals surface area contributed by atoms with Crippen molar-refractivity contribution in [2.24, 2.45) is 0 Å². The van der Waals surface area contributed by atoms with Crippen molar-refractivity contribution < 1.29 is 38.9 Å². The molecule has 0 aliphatic heterocycles. The topological polar surface area (TPSA) is 151 Å². The predicted octanol–water partition coefficient (Wildman–Crippen LogP) is 14.7. The Morgan fingerprint density at radius 1 is 0.554 bits per heavy atom. The lowest BCUT2D eigenvalue weighted by atomic mass is 10.0. The van der Waals surface area contributed by atoms with Gasteiger partial charge in [0.1, 0.15) is 6.04 Å².